The van der Waals surface area contributed by atoms with E-state index >= 15 is 0 Å². The lowest BCUT2D eigenvalue weighted by atomic mass is 10.1. The molecular weight excluding hydrogens is 408 g/mol. The van der Waals surface area contributed by atoms with Crippen molar-refractivity contribution in [1.82, 2.24) is 19.4 Å². The van der Waals surface area contributed by atoms with Gasteiger partial charge in [-0.3, -0.25) is 14.2 Å². The number of nitrogens with one attached hydrogen (secondary N) is 1. The molecule has 1 aromatic carbocycles. The van der Waals surface area contributed by atoms with Crippen LogP contribution in [0.4, 0.5) is 0 Å². The van der Waals surface area contributed by atoms with Crippen molar-refractivity contribution in [2.45, 2.75) is 33.4 Å². The monoisotopic (exact) mass is 430 g/mol. The molecule has 8 nitrogen and oxygen atoms in total. The van der Waals surface area contributed by atoms with Crippen molar-refractivity contribution in [3.05, 3.63) is 67.4 Å². The van der Waals surface area contributed by atoms with E-state index in [4.69, 9.17) is 16.3 Å². The van der Waals surface area contributed by atoms with Crippen LogP contribution in [0.3, 0.4) is 0 Å². The second-order valence-electron chi connectivity index (χ2n) is 6.70. The van der Waals surface area contributed by atoms with Crippen LogP contribution in [0.25, 0.3) is 11.0 Å². The summed E-state index contributed by atoms with van der Waals surface area (Å²) in [6, 6.07) is 7.11. The molecule has 0 spiro atoms. The lowest BCUT2D eigenvalue weighted by Crippen LogP contribution is -2.43. The van der Waals surface area contributed by atoms with Crippen molar-refractivity contribution in [2.24, 2.45) is 7.05 Å². The number of nitrogens with zero attached hydrogens (tertiary/aromatic N) is 3. The quantitative estimate of drug-likeness (QED) is 0.618. The first-order valence-electron chi connectivity index (χ1n) is 9.63. The first-order valence-corrected chi connectivity index (χ1v) is 10.0. The van der Waals surface area contributed by atoms with Gasteiger partial charge >= 0.3 is 5.69 Å². The summed E-state index contributed by atoms with van der Waals surface area (Å²) in [7, 11) is 1.51. The highest BCUT2D eigenvalue weighted by molar-refractivity contribution is 6.31. The van der Waals surface area contributed by atoms with Crippen molar-refractivity contribution < 1.29 is 9.53 Å². The predicted octanol–water partition coefficient (Wildman–Crippen LogP) is 2.03. The largest absolute Gasteiger partial charge is 0.493 e. The number of halogens is 1. The van der Waals surface area contributed by atoms with Crippen LogP contribution < -0.4 is 21.3 Å². The highest BCUT2D eigenvalue weighted by Crippen LogP contribution is 2.25. The fourth-order valence-corrected chi connectivity index (χ4v) is 3.40. The number of rotatable bonds is 7. The average Bonchev–Trinajstić information content (AvgIpc) is 2.74. The first kappa shape index (κ1) is 21.6. The summed E-state index contributed by atoms with van der Waals surface area (Å²) >= 11 is 6.10. The molecule has 0 saturated heterocycles. The van der Waals surface area contributed by atoms with Crippen molar-refractivity contribution in [1.29, 1.82) is 0 Å². The van der Waals surface area contributed by atoms with Gasteiger partial charge in [0.2, 0.25) is 5.91 Å². The third-order valence-electron chi connectivity index (χ3n) is 4.78. The minimum atomic E-state index is -0.625. The number of ether oxygens (including phenoxy) is 1. The highest BCUT2D eigenvalue weighted by atomic mass is 35.5. The summed E-state index contributed by atoms with van der Waals surface area (Å²) in [6.07, 6.45) is 2.21. The zero-order chi connectivity index (χ0) is 21.8. The van der Waals surface area contributed by atoms with Crippen molar-refractivity contribution in [3.8, 4) is 5.75 Å². The number of aryl methyl sites for hydroxylation is 2. The van der Waals surface area contributed by atoms with Crippen LogP contribution in [0.15, 0.2) is 40.1 Å². The molecule has 0 atom stereocenters. The topological polar surface area (TPSA) is 95.2 Å². The van der Waals surface area contributed by atoms with Crippen LogP contribution in [-0.2, 0) is 31.4 Å². The first-order chi connectivity index (χ1) is 14.4. The van der Waals surface area contributed by atoms with Gasteiger partial charge in [-0.2, -0.15) is 0 Å². The van der Waals surface area contributed by atoms with Gasteiger partial charge in [-0.1, -0.05) is 36.7 Å². The van der Waals surface area contributed by atoms with Gasteiger partial charge in [-0.25, -0.2) is 14.3 Å². The fourth-order valence-electron chi connectivity index (χ4n) is 3.20. The zero-order valence-corrected chi connectivity index (χ0v) is 17.8. The van der Waals surface area contributed by atoms with E-state index in [1.807, 2.05) is 19.9 Å². The van der Waals surface area contributed by atoms with E-state index in [0.29, 0.717) is 23.8 Å². The smallest absolute Gasteiger partial charge is 0.332 e. The van der Waals surface area contributed by atoms with E-state index in [0.717, 1.165) is 15.7 Å². The molecule has 0 aliphatic carbocycles. The molecule has 3 rings (SSSR count). The van der Waals surface area contributed by atoms with Gasteiger partial charge in [0.05, 0.1) is 6.61 Å². The Hall–Kier alpha value is -3.13. The molecule has 1 N–H and O–H groups in total. The number of carbonyl (C=O) groups excluding carboxylic acids is 1. The summed E-state index contributed by atoms with van der Waals surface area (Å²) in [4.78, 5) is 42.6. The summed E-state index contributed by atoms with van der Waals surface area (Å²) in [5, 5.41) is 3.41. The van der Waals surface area contributed by atoms with Gasteiger partial charge in [0.15, 0.2) is 5.65 Å². The molecule has 0 aliphatic rings. The number of benzene rings is 1. The van der Waals surface area contributed by atoms with Gasteiger partial charge in [-0.15, -0.1) is 0 Å². The van der Waals surface area contributed by atoms with E-state index in [9.17, 15) is 14.4 Å². The lowest BCUT2D eigenvalue weighted by molar-refractivity contribution is -0.121. The molecule has 0 radical (unpaired) electrons. The second kappa shape index (κ2) is 9.13. The SMILES string of the molecule is CCOc1c(CC)cnc2c1c(=O)n(CC(=O)NCc1ccccc1Cl)c(=O)n2C. The van der Waals surface area contributed by atoms with Crippen LogP contribution in [0.5, 0.6) is 5.75 Å². The molecule has 2 aromatic heterocycles. The Kier molecular flexibility index (Phi) is 6.56. The van der Waals surface area contributed by atoms with Gasteiger partial charge in [-0.05, 0) is 25.0 Å². The van der Waals surface area contributed by atoms with E-state index in [1.54, 1.807) is 24.4 Å². The predicted molar refractivity (Wildman–Crippen MR) is 115 cm³/mol. The van der Waals surface area contributed by atoms with Crippen molar-refractivity contribution in [2.75, 3.05) is 6.61 Å². The molecule has 0 bridgehead atoms. The molecule has 30 heavy (non-hydrogen) atoms. The van der Waals surface area contributed by atoms with E-state index in [-0.39, 0.29) is 17.6 Å². The highest BCUT2D eigenvalue weighted by Gasteiger charge is 2.20. The Morgan fingerprint density at radius 2 is 1.93 bits per heavy atom. The van der Waals surface area contributed by atoms with Crippen LogP contribution in [0.2, 0.25) is 5.02 Å². The maximum absolute atomic E-state index is 13.2. The van der Waals surface area contributed by atoms with Crippen LogP contribution in [0.1, 0.15) is 25.0 Å². The number of pyridine rings is 1. The normalized spacial score (nSPS) is 10.9. The second-order valence-corrected chi connectivity index (χ2v) is 7.11. The van der Waals surface area contributed by atoms with Gasteiger partial charge in [0, 0.05) is 30.4 Å². The molecule has 1 amide bonds. The Morgan fingerprint density at radius 3 is 2.60 bits per heavy atom. The number of hydrogen-bond acceptors (Lipinski definition) is 5. The van der Waals surface area contributed by atoms with E-state index < -0.39 is 23.7 Å². The van der Waals surface area contributed by atoms with Gasteiger partial charge in [0.25, 0.3) is 5.56 Å². The summed E-state index contributed by atoms with van der Waals surface area (Å²) in [5.74, 6) is -0.0816. The molecule has 0 saturated carbocycles. The number of carbonyl (C=O) groups is 1. The maximum Gasteiger partial charge on any atom is 0.332 e. The molecule has 9 heteroatoms. The van der Waals surface area contributed by atoms with Gasteiger partial charge in [0.1, 0.15) is 17.7 Å². The number of amides is 1. The third kappa shape index (κ3) is 4.09. The van der Waals surface area contributed by atoms with Crippen LogP contribution >= 0.6 is 11.6 Å². The molecular formula is C21H23ClN4O4. The average molecular weight is 431 g/mol. The molecule has 0 unspecified atom stereocenters. The number of aromatic nitrogens is 3. The maximum atomic E-state index is 13.2. The van der Waals surface area contributed by atoms with Crippen LogP contribution in [-0.4, -0.2) is 26.6 Å². The van der Waals surface area contributed by atoms with Crippen LogP contribution in [0, 0.1) is 0 Å². The lowest BCUT2D eigenvalue weighted by Gasteiger charge is -2.15. The minimum absolute atomic E-state index is 0.187. The number of hydrogen-bond donors (Lipinski definition) is 1. The summed E-state index contributed by atoms with van der Waals surface area (Å²) in [6.45, 7) is 3.86. The Bertz CT molecular complexity index is 1220. The minimum Gasteiger partial charge on any atom is -0.493 e. The standard InChI is InChI=1S/C21H23ClN4O4/c1-4-13-10-24-19-17(18(13)30-5-2)20(28)26(21(29)25(19)3)12-16(27)23-11-14-8-6-7-9-15(14)22/h6-10H,4-5,11-12H2,1-3H3,(H,23,27). The summed E-state index contributed by atoms with van der Waals surface area (Å²) < 4.78 is 7.86. The molecule has 2 heterocycles. The zero-order valence-electron chi connectivity index (χ0n) is 17.1. The molecule has 0 aliphatic heterocycles. The Morgan fingerprint density at radius 1 is 1.20 bits per heavy atom. The summed E-state index contributed by atoms with van der Waals surface area (Å²) in [5.41, 5.74) is 0.488. The van der Waals surface area contributed by atoms with E-state index in [2.05, 4.69) is 10.3 Å². The molecule has 158 valence electrons. The Labute approximate surface area is 178 Å². The van der Waals surface area contributed by atoms with Crippen molar-refractivity contribution >= 4 is 28.5 Å². The number of fused-ring (bicyclic) bond motifs is 1. The van der Waals surface area contributed by atoms with Crippen molar-refractivity contribution in [3.63, 3.8) is 0 Å². The molecule has 0 fully saturated rings. The van der Waals surface area contributed by atoms with E-state index in [1.165, 1.54) is 11.6 Å². The fraction of sp³-hybridized carbons (Fsp3) is 0.333. The third-order valence-corrected chi connectivity index (χ3v) is 5.15. The van der Waals surface area contributed by atoms with Gasteiger partial charge < -0.3 is 10.1 Å². The molecule has 3 aromatic rings. The Balaban J connectivity index is 2.00.